The van der Waals surface area contributed by atoms with Crippen LogP contribution in [-0.2, 0) is 0 Å². The maximum absolute atomic E-state index is 5.96. The van der Waals surface area contributed by atoms with E-state index in [1.165, 1.54) is 16.7 Å². The van der Waals surface area contributed by atoms with Crippen molar-refractivity contribution in [2.24, 2.45) is 0 Å². The predicted octanol–water partition coefficient (Wildman–Crippen LogP) is 23.4. The van der Waals surface area contributed by atoms with Crippen molar-refractivity contribution < 1.29 is 0 Å². The molecular formula is C54H62Cl10. The van der Waals surface area contributed by atoms with E-state index in [1.807, 2.05) is 91.0 Å². The first-order valence-corrected chi connectivity index (χ1v) is 24.9. The Balaban J connectivity index is 0.000000384. The van der Waals surface area contributed by atoms with E-state index in [4.69, 9.17) is 116 Å². The molecule has 0 aliphatic heterocycles. The first-order valence-electron chi connectivity index (χ1n) is 21.2. The Morgan fingerprint density at radius 2 is 0.703 bits per heavy atom. The van der Waals surface area contributed by atoms with Crippen LogP contribution in [-0.4, -0.2) is 0 Å². The van der Waals surface area contributed by atoms with Crippen molar-refractivity contribution in [1.82, 2.24) is 0 Å². The quantitative estimate of drug-likeness (QED) is 0.156. The monoisotopic (exact) mass is 1060 g/mol. The van der Waals surface area contributed by atoms with E-state index >= 15 is 0 Å². The van der Waals surface area contributed by atoms with Gasteiger partial charge in [-0.25, -0.2) is 0 Å². The third-order valence-corrected chi connectivity index (χ3v) is 12.7. The lowest BCUT2D eigenvalue weighted by atomic mass is 10.0. The summed E-state index contributed by atoms with van der Waals surface area (Å²) in [5, 5.41) is 7.18. The molecule has 0 nitrogen and oxygen atoms in total. The van der Waals surface area contributed by atoms with E-state index in [2.05, 4.69) is 101 Å². The first-order chi connectivity index (χ1) is 29.9. The van der Waals surface area contributed by atoms with Crippen LogP contribution in [0.5, 0.6) is 0 Å². The number of halogens is 10. The molecule has 6 aromatic rings. The fraction of sp³-hybridized carbons (Fsp3) is 0.333. The molecule has 6 aromatic carbocycles. The van der Waals surface area contributed by atoms with E-state index in [0.717, 1.165) is 41.8 Å². The molecule has 0 saturated heterocycles. The fourth-order valence-corrected chi connectivity index (χ4v) is 8.20. The van der Waals surface area contributed by atoms with Gasteiger partial charge in [0.15, 0.2) is 0 Å². The normalized spacial score (nSPS) is 10.6. The first kappa shape index (κ1) is 60.2. The lowest BCUT2D eigenvalue weighted by Gasteiger charge is -2.09. The maximum Gasteiger partial charge on any atom is 0.0626 e. The van der Waals surface area contributed by atoms with Gasteiger partial charge >= 0.3 is 0 Å². The van der Waals surface area contributed by atoms with Gasteiger partial charge in [-0.2, -0.15) is 0 Å². The molecule has 0 fully saturated rings. The van der Waals surface area contributed by atoms with Gasteiger partial charge in [0, 0.05) is 30.1 Å². The van der Waals surface area contributed by atoms with Crippen LogP contribution in [0, 0.1) is 0 Å². The minimum Gasteiger partial charge on any atom is -0.0843 e. The maximum atomic E-state index is 5.96. The minimum atomic E-state index is 0.385. The van der Waals surface area contributed by atoms with Gasteiger partial charge in [-0.05, 0) is 136 Å². The van der Waals surface area contributed by atoms with Crippen molar-refractivity contribution in [3.8, 4) is 0 Å². The molecule has 0 heterocycles. The number of hydrogen-bond donors (Lipinski definition) is 0. The third-order valence-electron chi connectivity index (χ3n) is 9.43. The third kappa shape index (κ3) is 22.8. The molecule has 0 atom stereocenters. The Labute approximate surface area is 435 Å². The second-order valence-electron chi connectivity index (χ2n) is 16.7. The van der Waals surface area contributed by atoms with Crippen molar-refractivity contribution in [1.29, 1.82) is 0 Å². The van der Waals surface area contributed by atoms with Crippen molar-refractivity contribution in [2.45, 2.75) is 119 Å². The van der Waals surface area contributed by atoms with Crippen LogP contribution in [0.4, 0.5) is 0 Å². The van der Waals surface area contributed by atoms with Gasteiger partial charge in [-0.1, -0.05) is 254 Å². The molecule has 0 aliphatic rings. The zero-order chi connectivity index (χ0) is 48.8. The molecule has 0 bridgehead atoms. The van der Waals surface area contributed by atoms with E-state index < -0.39 is 0 Å². The smallest absolute Gasteiger partial charge is 0.0626 e. The Hall–Kier alpha value is -1.78. The van der Waals surface area contributed by atoms with Crippen LogP contribution in [0.15, 0.2) is 121 Å². The molecule has 0 spiro atoms. The molecule has 10 heteroatoms. The van der Waals surface area contributed by atoms with Gasteiger partial charge in [-0.3, -0.25) is 0 Å². The average Bonchev–Trinajstić information content (AvgIpc) is 3.21. The van der Waals surface area contributed by atoms with Crippen LogP contribution in [0.2, 0.25) is 50.2 Å². The van der Waals surface area contributed by atoms with E-state index in [0.29, 0.717) is 60.6 Å². The molecule has 0 radical (unpaired) electrons. The largest absolute Gasteiger partial charge is 0.0843 e. The summed E-state index contributed by atoms with van der Waals surface area (Å²) in [4.78, 5) is 0. The van der Waals surface area contributed by atoms with Crippen molar-refractivity contribution >= 4 is 116 Å². The molecule has 0 aliphatic carbocycles. The van der Waals surface area contributed by atoms with Gasteiger partial charge in [-0.15, -0.1) is 0 Å². The summed E-state index contributed by atoms with van der Waals surface area (Å²) in [6, 6.07) is 38.6. The highest BCUT2D eigenvalue weighted by atomic mass is 35.5. The zero-order valence-corrected chi connectivity index (χ0v) is 46.4. The molecule has 6 rings (SSSR count). The predicted molar refractivity (Wildman–Crippen MR) is 293 cm³/mol. The van der Waals surface area contributed by atoms with Crippen LogP contribution in [0.3, 0.4) is 0 Å². The molecule has 0 N–H and O–H groups in total. The highest BCUT2D eigenvalue weighted by Gasteiger charge is 2.09. The number of hydrogen-bond acceptors (Lipinski definition) is 0. The standard InChI is InChI=1S/4C9H10Cl2.2C9H11Cl/c1-6(2)8-4-3-7(10)5-9(8)11;1-6(2)7-3-4-8(10)9(11)5-7;1-6(2)9-7(10)4-3-5-8(9)11;1-6(2)7-4-3-5-8(10)9(7)11;1-7(2)8-3-5-9(10)6-4-8;1-7(2)8-4-3-5-9(10)6-8/h4*3-6H,1-2H3;2*3-7H,1-2H3. The van der Waals surface area contributed by atoms with E-state index in [1.54, 1.807) is 12.1 Å². The van der Waals surface area contributed by atoms with Crippen molar-refractivity contribution in [3.63, 3.8) is 0 Å². The van der Waals surface area contributed by atoms with Crippen LogP contribution in [0.25, 0.3) is 0 Å². The topological polar surface area (TPSA) is 0 Å². The Morgan fingerprint density at radius 1 is 0.266 bits per heavy atom. The van der Waals surface area contributed by atoms with Crippen LogP contribution >= 0.6 is 116 Å². The van der Waals surface area contributed by atoms with Crippen molar-refractivity contribution in [2.75, 3.05) is 0 Å². The highest BCUT2D eigenvalue weighted by molar-refractivity contribution is 6.43. The fourth-order valence-electron chi connectivity index (χ4n) is 5.58. The van der Waals surface area contributed by atoms with Crippen LogP contribution in [0.1, 0.15) is 152 Å². The SMILES string of the molecule is CC(C)c1c(Cl)cccc1Cl.CC(C)c1ccc(Cl)c(Cl)c1.CC(C)c1ccc(Cl)cc1.CC(C)c1ccc(Cl)cc1Cl.CC(C)c1cccc(Cl)c1.CC(C)c1cccc(Cl)c1Cl. The molecule has 0 aromatic heterocycles. The summed E-state index contributed by atoms with van der Waals surface area (Å²) in [7, 11) is 0. The number of benzene rings is 6. The molecule has 348 valence electrons. The van der Waals surface area contributed by atoms with Gasteiger partial charge in [0.2, 0.25) is 0 Å². The van der Waals surface area contributed by atoms with Gasteiger partial charge < -0.3 is 0 Å². The average molecular weight is 1070 g/mol. The minimum absolute atomic E-state index is 0.385. The van der Waals surface area contributed by atoms with Crippen LogP contribution < -0.4 is 0 Å². The van der Waals surface area contributed by atoms with Crippen molar-refractivity contribution in [3.05, 3.63) is 205 Å². The molecule has 0 unspecified atom stereocenters. The molecule has 0 saturated carbocycles. The summed E-state index contributed by atoms with van der Waals surface area (Å²) in [6.45, 7) is 25.5. The summed E-state index contributed by atoms with van der Waals surface area (Å²) in [6.07, 6.45) is 0. The molecule has 64 heavy (non-hydrogen) atoms. The van der Waals surface area contributed by atoms with E-state index in [9.17, 15) is 0 Å². The second kappa shape index (κ2) is 31.3. The Bertz CT molecular complexity index is 2240. The van der Waals surface area contributed by atoms with Gasteiger partial charge in [0.25, 0.3) is 0 Å². The second-order valence-corrected chi connectivity index (χ2v) is 20.8. The Morgan fingerprint density at radius 3 is 1.11 bits per heavy atom. The lowest BCUT2D eigenvalue weighted by Crippen LogP contribution is -1.89. The van der Waals surface area contributed by atoms with Gasteiger partial charge in [0.1, 0.15) is 0 Å². The van der Waals surface area contributed by atoms with Gasteiger partial charge in [0.05, 0.1) is 20.1 Å². The zero-order valence-electron chi connectivity index (χ0n) is 38.8. The summed E-state index contributed by atoms with van der Waals surface area (Å²) < 4.78 is 0. The summed E-state index contributed by atoms with van der Waals surface area (Å²) in [5.41, 5.74) is 7.15. The lowest BCUT2D eigenvalue weighted by molar-refractivity contribution is 0.867. The van der Waals surface area contributed by atoms with E-state index in [-0.39, 0.29) is 0 Å². The number of rotatable bonds is 6. The summed E-state index contributed by atoms with van der Waals surface area (Å²) >= 11 is 58.4. The summed E-state index contributed by atoms with van der Waals surface area (Å²) in [5.74, 6) is 2.94. The highest BCUT2D eigenvalue weighted by Crippen LogP contribution is 2.32. The molecular weight excluding hydrogens is 1000 g/mol. The molecule has 0 amide bonds. The Kier molecular flexibility index (Phi) is 29.5.